The van der Waals surface area contributed by atoms with Crippen LogP contribution in [0, 0.1) is 5.92 Å². The average Bonchev–Trinajstić information content (AvgIpc) is 2.94. The summed E-state index contributed by atoms with van der Waals surface area (Å²) in [6, 6.07) is 4.12. The van der Waals surface area contributed by atoms with E-state index >= 15 is 0 Å². The van der Waals surface area contributed by atoms with E-state index in [1.54, 1.807) is 16.2 Å². The molecule has 2 rings (SSSR count). The average molecular weight is 298 g/mol. The Kier molecular flexibility index (Phi) is 4.67. The van der Waals surface area contributed by atoms with Gasteiger partial charge in [-0.15, -0.1) is 11.3 Å². The Morgan fingerprint density at radius 3 is 2.80 bits per heavy atom. The summed E-state index contributed by atoms with van der Waals surface area (Å²) in [7, 11) is 0. The van der Waals surface area contributed by atoms with Crippen molar-refractivity contribution >= 4 is 17.4 Å². The number of rotatable bonds is 3. The van der Waals surface area contributed by atoms with E-state index in [2.05, 4.69) is 6.07 Å². The zero-order valence-electron chi connectivity index (χ0n) is 12.2. The molecule has 2 atom stereocenters. The molecular formula is C14H22N2O3S. The fourth-order valence-electron chi connectivity index (χ4n) is 2.46. The highest BCUT2D eigenvalue weighted by molar-refractivity contribution is 7.10. The standard InChI is InChI=1S/C14H22N2O3S/c1-14(2,3)19-13(17)16-7-10(9-18-15)11(8-16)12-5-4-6-20-12/h4-6,10-11H,7-9,15H2,1-3H3. The van der Waals surface area contributed by atoms with E-state index in [0.717, 1.165) is 0 Å². The number of likely N-dealkylation sites (tertiary alicyclic amines) is 1. The minimum Gasteiger partial charge on any atom is -0.444 e. The summed E-state index contributed by atoms with van der Waals surface area (Å²) in [6.07, 6.45) is -0.265. The maximum atomic E-state index is 12.2. The van der Waals surface area contributed by atoms with E-state index in [-0.39, 0.29) is 17.9 Å². The Hall–Kier alpha value is -1.11. The topological polar surface area (TPSA) is 64.8 Å². The Labute approximate surface area is 123 Å². The lowest BCUT2D eigenvalue weighted by atomic mass is 9.95. The number of ether oxygens (including phenoxy) is 1. The zero-order chi connectivity index (χ0) is 14.8. The van der Waals surface area contributed by atoms with Gasteiger partial charge < -0.3 is 14.5 Å². The summed E-state index contributed by atoms with van der Waals surface area (Å²) in [6.45, 7) is 7.34. The maximum Gasteiger partial charge on any atom is 0.410 e. The molecule has 5 nitrogen and oxygen atoms in total. The van der Waals surface area contributed by atoms with E-state index in [9.17, 15) is 4.79 Å². The lowest BCUT2D eigenvalue weighted by Gasteiger charge is -2.24. The Balaban J connectivity index is 2.06. The van der Waals surface area contributed by atoms with Gasteiger partial charge in [-0.1, -0.05) is 6.07 Å². The van der Waals surface area contributed by atoms with E-state index in [0.29, 0.717) is 19.7 Å². The third kappa shape index (κ3) is 3.71. The predicted octanol–water partition coefficient (Wildman–Crippen LogP) is 2.59. The first-order valence-corrected chi connectivity index (χ1v) is 7.61. The number of carbonyl (C=O) groups is 1. The second kappa shape index (κ2) is 6.11. The highest BCUT2D eigenvalue weighted by atomic mass is 32.1. The number of thiophene rings is 1. The van der Waals surface area contributed by atoms with E-state index < -0.39 is 5.60 Å². The van der Waals surface area contributed by atoms with Gasteiger partial charge in [0.25, 0.3) is 0 Å². The first-order chi connectivity index (χ1) is 9.40. The predicted molar refractivity (Wildman–Crippen MR) is 78.5 cm³/mol. The van der Waals surface area contributed by atoms with Gasteiger partial charge in [-0.05, 0) is 32.2 Å². The van der Waals surface area contributed by atoms with Crippen LogP contribution in [0.2, 0.25) is 0 Å². The molecule has 1 saturated heterocycles. The fraction of sp³-hybridized carbons (Fsp3) is 0.643. The Bertz CT molecular complexity index is 442. The van der Waals surface area contributed by atoms with E-state index in [4.69, 9.17) is 15.5 Å². The summed E-state index contributed by atoms with van der Waals surface area (Å²) < 4.78 is 5.43. The number of nitrogens with two attached hydrogens (primary N) is 1. The van der Waals surface area contributed by atoms with Gasteiger partial charge in [-0.3, -0.25) is 0 Å². The summed E-state index contributed by atoms with van der Waals surface area (Å²) in [5.41, 5.74) is -0.474. The van der Waals surface area contributed by atoms with Gasteiger partial charge >= 0.3 is 6.09 Å². The van der Waals surface area contributed by atoms with Gasteiger partial charge in [0.2, 0.25) is 0 Å². The molecule has 6 heteroatoms. The minimum atomic E-state index is -0.474. The molecule has 2 unspecified atom stereocenters. The van der Waals surface area contributed by atoms with Crippen molar-refractivity contribution in [2.24, 2.45) is 11.8 Å². The van der Waals surface area contributed by atoms with Crippen LogP contribution in [0.1, 0.15) is 31.6 Å². The number of hydrogen-bond acceptors (Lipinski definition) is 5. The van der Waals surface area contributed by atoms with Gasteiger partial charge in [-0.2, -0.15) is 0 Å². The highest BCUT2D eigenvalue weighted by Crippen LogP contribution is 2.35. The Morgan fingerprint density at radius 1 is 1.50 bits per heavy atom. The molecule has 1 aliphatic rings. The molecule has 1 fully saturated rings. The van der Waals surface area contributed by atoms with E-state index in [1.165, 1.54) is 4.88 Å². The first kappa shape index (κ1) is 15.3. The van der Waals surface area contributed by atoms with Crippen LogP contribution in [-0.4, -0.2) is 36.3 Å². The lowest BCUT2D eigenvalue weighted by molar-refractivity contribution is 0.0274. The van der Waals surface area contributed by atoms with Crippen LogP contribution in [0.4, 0.5) is 4.79 Å². The largest absolute Gasteiger partial charge is 0.444 e. The molecule has 0 spiro atoms. The van der Waals surface area contributed by atoms with Crippen molar-refractivity contribution in [3.8, 4) is 0 Å². The van der Waals surface area contributed by atoms with Crippen molar-refractivity contribution in [3.05, 3.63) is 22.4 Å². The van der Waals surface area contributed by atoms with Crippen LogP contribution in [-0.2, 0) is 9.57 Å². The molecule has 1 aliphatic heterocycles. The molecule has 0 saturated carbocycles. The van der Waals surface area contributed by atoms with Crippen LogP contribution in [0.3, 0.4) is 0 Å². The van der Waals surface area contributed by atoms with Crippen molar-refractivity contribution < 1.29 is 14.4 Å². The quantitative estimate of drug-likeness (QED) is 0.871. The third-order valence-electron chi connectivity index (χ3n) is 3.31. The molecule has 0 bridgehead atoms. The van der Waals surface area contributed by atoms with Crippen LogP contribution in [0.15, 0.2) is 17.5 Å². The second-order valence-electron chi connectivity index (χ2n) is 6.10. The molecule has 112 valence electrons. The number of nitrogens with zero attached hydrogens (tertiary/aromatic N) is 1. The van der Waals surface area contributed by atoms with Gasteiger partial charge in [0.15, 0.2) is 0 Å². The van der Waals surface area contributed by atoms with Crippen molar-refractivity contribution in [3.63, 3.8) is 0 Å². The molecule has 1 aromatic rings. The van der Waals surface area contributed by atoms with Crippen molar-refractivity contribution in [1.29, 1.82) is 0 Å². The molecule has 0 radical (unpaired) electrons. The number of amides is 1. The van der Waals surface area contributed by atoms with Gasteiger partial charge in [0.1, 0.15) is 5.60 Å². The summed E-state index contributed by atoms with van der Waals surface area (Å²) in [5.74, 6) is 5.70. The number of carbonyl (C=O) groups excluding carboxylic acids is 1. The summed E-state index contributed by atoms with van der Waals surface area (Å²) >= 11 is 1.70. The van der Waals surface area contributed by atoms with E-state index in [1.807, 2.05) is 32.2 Å². The molecule has 2 N–H and O–H groups in total. The first-order valence-electron chi connectivity index (χ1n) is 6.73. The third-order valence-corrected chi connectivity index (χ3v) is 4.32. The van der Waals surface area contributed by atoms with Crippen molar-refractivity contribution in [1.82, 2.24) is 4.90 Å². The van der Waals surface area contributed by atoms with Gasteiger partial charge in [-0.25, -0.2) is 10.7 Å². The molecule has 20 heavy (non-hydrogen) atoms. The minimum absolute atomic E-state index is 0.214. The maximum absolute atomic E-state index is 12.2. The smallest absolute Gasteiger partial charge is 0.410 e. The number of hydrogen-bond donors (Lipinski definition) is 1. The Morgan fingerprint density at radius 2 is 2.25 bits per heavy atom. The molecular weight excluding hydrogens is 276 g/mol. The van der Waals surface area contributed by atoms with Gasteiger partial charge in [0.05, 0.1) is 6.61 Å². The SMILES string of the molecule is CC(C)(C)OC(=O)N1CC(CON)C(c2cccs2)C1. The lowest BCUT2D eigenvalue weighted by Crippen LogP contribution is -2.35. The molecule has 0 aromatic carbocycles. The van der Waals surface area contributed by atoms with Crippen LogP contribution >= 0.6 is 11.3 Å². The molecule has 1 aromatic heterocycles. The van der Waals surface area contributed by atoms with Crippen molar-refractivity contribution in [2.45, 2.75) is 32.3 Å². The van der Waals surface area contributed by atoms with Gasteiger partial charge in [0, 0.05) is 29.8 Å². The summed E-state index contributed by atoms with van der Waals surface area (Å²) in [4.78, 5) is 20.0. The van der Waals surface area contributed by atoms with Crippen LogP contribution < -0.4 is 5.90 Å². The van der Waals surface area contributed by atoms with Crippen LogP contribution in [0.5, 0.6) is 0 Å². The highest BCUT2D eigenvalue weighted by Gasteiger charge is 2.38. The van der Waals surface area contributed by atoms with Crippen LogP contribution in [0.25, 0.3) is 0 Å². The van der Waals surface area contributed by atoms with Crippen molar-refractivity contribution in [2.75, 3.05) is 19.7 Å². The second-order valence-corrected chi connectivity index (χ2v) is 7.08. The monoisotopic (exact) mass is 298 g/mol. The molecule has 2 heterocycles. The zero-order valence-corrected chi connectivity index (χ0v) is 13.0. The molecule has 0 aliphatic carbocycles. The normalized spacial score (nSPS) is 23.1. The summed E-state index contributed by atoms with van der Waals surface area (Å²) in [5, 5.41) is 2.05. The molecule has 1 amide bonds. The fourth-order valence-corrected chi connectivity index (χ4v) is 3.38.